The van der Waals surface area contributed by atoms with Crippen LogP contribution in [0.15, 0.2) is 44.4 Å². The molecule has 1 fully saturated rings. The fourth-order valence-corrected chi connectivity index (χ4v) is 3.45. The molecular formula is C13H9BrN2O2S2. The molecule has 2 aromatic heterocycles. The minimum absolute atomic E-state index is 0.143. The van der Waals surface area contributed by atoms with E-state index < -0.39 is 0 Å². The van der Waals surface area contributed by atoms with Crippen LogP contribution in [0.2, 0.25) is 0 Å². The molecule has 2 aromatic rings. The minimum Gasteiger partial charge on any atom is -0.467 e. The molecule has 7 heteroatoms. The third kappa shape index (κ3) is 2.70. The number of thiocarbonyl (C=S) groups is 1. The van der Waals surface area contributed by atoms with Crippen molar-refractivity contribution in [3.8, 4) is 0 Å². The first kappa shape index (κ1) is 13.5. The van der Waals surface area contributed by atoms with Crippen molar-refractivity contribution in [1.82, 2.24) is 10.2 Å². The fourth-order valence-electron chi connectivity index (χ4n) is 1.82. The first-order valence-corrected chi connectivity index (χ1v) is 7.82. The molecule has 0 radical (unpaired) electrons. The van der Waals surface area contributed by atoms with Crippen molar-refractivity contribution in [1.29, 1.82) is 0 Å². The van der Waals surface area contributed by atoms with Gasteiger partial charge in [-0.2, -0.15) is 0 Å². The molecule has 0 unspecified atom stereocenters. The van der Waals surface area contributed by atoms with Crippen LogP contribution in [0.4, 0.5) is 0 Å². The lowest BCUT2D eigenvalue weighted by Gasteiger charge is -2.11. The Labute approximate surface area is 133 Å². The number of nitrogens with one attached hydrogen (secondary N) is 1. The Hall–Kier alpha value is -1.44. The molecule has 0 saturated carbocycles. The van der Waals surface area contributed by atoms with E-state index in [1.165, 1.54) is 4.90 Å². The molecule has 1 amide bonds. The molecule has 102 valence electrons. The zero-order chi connectivity index (χ0) is 14.1. The van der Waals surface area contributed by atoms with Crippen LogP contribution in [-0.2, 0) is 11.3 Å². The second kappa shape index (κ2) is 5.51. The molecule has 4 nitrogen and oxygen atoms in total. The van der Waals surface area contributed by atoms with Crippen LogP contribution in [0.5, 0.6) is 0 Å². The summed E-state index contributed by atoms with van der Waals surface area (Å²) in [6.45, 7) is 0.336. The number of hydrogen-bond acceptors (Lipinski definition) is 4. The summed E-state index contributed by atoms with van der Waals surface area (Å²) in [6, 6.07) is 5.55. The normalized spacial score (nSPS) is 17.1. The molecule has 20 heavy (non-hydrogen) atoms. The van der Waals surface area contributed by atoms with E-state index in [9.17, 15) is 4.79 Å². The third-order valence-corrected chi connectivity index (χ3v) is 4.69. The van der Waals surface area contributed by atoms with Crippen LogP contribution < -0.4 is 5.32 Å². The maximum absolute atomic E-state index is 12.3. The summed E-state index contributed by atoms with van der Waals surface area (Å²) < 4.78 is 6.24. The van der Waals surface area contributed by atoms with Crippen molar-refractivity contribution < 1.29 is 9.21 Å². The van der Waals surface area contributed by atoms with Crippen molar-refractivity contribution >= 4 is 56.6 Å². The summed E-state index contributed by atoms with van der Waals surface area (Å²) >= 11 is 10.1. The van der Waals surface area contributed by atoms with Gasteiger partial charge < -0.3 is 9.73 Å². The zero-order valence-electron chi connectivity index (χ0n) is 10.1. The number of nitrogens with zero attached hydrogens (tertiary/aromatic N) is 1. The van der Waals surface area contributed by atoms with Crippen LogP contribution in [0, 0.1) is 0 Å². The highest BCUT2D eigenvalue weighted by molar-refractivity contribution is 9.10. The first-order chi connectivity index (χ1) is 9.63. The van der Waals surface area contributed by atoms with E-state index in [-0.39, 0.29) is 5.91 Å². The molecule has 0 bridgehead atoms. The van der Waals surface area contributed by atoms with E-state index >= 15 is 0 Å². The highest BCUT2D eigenvalue weighted by Gasteiger charge is 2.31. The summed E-state index contributed by atoms with van der Waals surface area (Å²) in [7, 11) is 0. The Kier molecular flexibility index (Phi) is 3.73. The Balaban J connectivity index is 1.81. The van der Waals surface area contributed by atoms with E-state index in [0.29, 0.717) is 23.1 Å². The van der Waals surface area contributed by atoms with E-state index in [0.717, 1.165) is 9.35 Å². The van der Waals surface area contributed by atoms with Gasteiger partial charge in [-0.25, -0.2) is 0 Å². The largest absolute Gasteiger partial charge is 0.467 e. The highest BCUT2D eigenvalue weighted by Crippen LogP contribution is 2.24. The van der Waals surface area contributed by atoms with Crippen LogP contribution >= 0.6 is 39.5 Å². The predicted octanol–water partition coefficient (Wildman–Crippen LogP) is 3.36. The lowest BCUT2D eigenvalue weighted by molar-refractivity contribution is -0.122. The SMILES string of the molecule is O=C1/C(=C\c2cc(Br)cs2)NC(=S)N1Cc1ccco1. The molecular weight excluding hydrogens is 360 g/mol. The van der Waals surface area contributed by atoms with Crippen LogP contribution in [-0.4, -0.2) is 15.9 Å². The van der Waals surface area contributed by atoms with E-state index in [4.69, 9.17) is 16.6 Å². The van der Waals surface area contributed by atoms with Gasteiger partial charge in [-0.05, 0) is 52.4 Å². The standard InChI is InChI=1S/C13H9BrN2O2S2/c14-8-4-10(20-7-8)5-11-12(17)16(13(19)15-11)6-9-2-1-3-18-9/h1-5,7H,6H2,(H,15,19)/b11-5+. The van der Waals surface area contributed by atoms with Gasteiger partial charge in [0.2, 0.25) is 0 Å². The van der Waals surface area contributed by atoms with Crippen molar-refractivity contribution in [2.75, 3.05) is 0 Å². The fraction of sp³-hybridized carbons (Fsp3) is 0.0769. The van der Waals surface area contributed by atoms with Crippen molar-refractivity contribution in [2.24, 2.45) is 0 Å². The van der Waals surface area contributed by atoms with E-state index in [1.807, 2.05) is 17.5 Å². The minimum atomic E-state index is -0.143. The molecule has 3 heterocycles. The van der Waals surface area contributed by atoms with Crippen LogP contribution in [0.1, 0.15) is 10.6 Å². The van der Waals surface area contributed by atoms with Gasteiger partial charge in [0.1, 0.15) is 11.5 Å². The van der Waals surface area contributed by atoms with Crippen molar-refractivity contribution in [2.45, 2.75) is 6.54 Å². The van der Waals surface area contributed by atoms with Gasteiger partial charge >= 0.3 is 0 Å². The number of halogens is 1. The van der Waals surface area contributed by atoms with Gasteiger partial charge in [0.25, 0.3) is 5.91 Å². The van der Waals surface area contributed by atoms with Gasteiger partial charge in [0.05, 0.1) is 12.8 Å². The Bertz CT molecular complexity index is 691. The highest BCUT2D eigenvalue weighted by atomic mass is 79.9. The Morgan fingerprint density at radius 1 is 1.55 bits per heavy atom. The molecule has 1 aliphatic rings. The second-order valence-corrected chi connectivity index (χ2v) is 6.37. The maximum Gasteiger partial charge on any atom is 0.276 e. The number of amides is 1. The Morgan fingerprint density at radius 2 is 2.40 bits per heavy atom. The average molecular weight is 369 g/mol. The molecule has 1 aliphatic heterocycles. The summed E-state index contributed by atoms with van der Waals surface area (Å²) in [5.41, 5.74) is 0.482. The molecule has 0 atom stereocenters. The van der Waals surface area contributed by atoms with Gasteiger partial charge in [0, 0.05) is 14.7 Å². The second-order valence-electron chi connectivity index (χ2n) is 4.13. The van der Waals surface area contributed by atoms with Crippen LogP contribution in [0.3, 0.4) is 0 Å². The monoisotopic (exact) mass is 368 g/mol. The molecule has 1 N–H and O–H groups in total. The molecule has 0 aliphatic carbocycles. The summed E-state index contributed by atoms with van der Waals surface area (Å²) in [4.78, 5) is 14.8. The molecule has 0 spiro atoms. The third-order valence-electron chi connectivity index (χ3n) is 2.73. The molecule has 0 aromatic carbocycles. The van der Waals surface area contributed by atoms with Crippen molar-refractivity contribution in [3.05, 3.63) is 50.6 Å². The maximum atomic E-state index is 12.3. The summed E-state index contributed by atoms with van der Waals surface area (Å²) in [5, 5.41) is 5.30. The van der Waals surface area contributed by atoms with Crippen molar-refractivity contribution in [3.63, 3.8) is 0 Å². The Morgan fingerprint density at radius 3 is 3.05 bits per heavy atom. The van der Waals surface area contributed by atoms with Gasteiger partial charge in [-0.15, -0.1) is 11.3 Å². The average Bonchev–Trinajstić information content (AvgIpc) is 3.10. The lowest BCUT2D eigenvalue weighted by Crippen LogP contribution is -2.29. The number of thiophene rings is 1. The topological polar surface area (TPSA) is 45.5 Å². The van der Waals surface area contributed by atoms with Gasteiger partial charge in [0.15, 0.2) is 5.11 Å². The predicted molar refractivity (Wildman–Crippen MR) is 85.0 cm³/mol. The number of carbonyl (C=O) groups excluding carboxylic acids is 1. The smallest absolute Gasteiger partial charge is 0.276 e. The van der Waals surface area contributed by atoms with Gasteiger partial charge in [-0.1, -0.05) is 0 Å². The van der Waals surface area contributed by atoms with Crippen LogP contribution in [0.25, 0.3) is 6.08 Å². The number of carbonyl (C=O) groups is 1. The van der Waals surface area contributed by atoms with E-state index in [1.54, 1.807) is 29.7 Å². The quantitative estimate of drug-likeness (QED) is 0.666. The number of rotatable bonds is 3. The summed E-state index contributed by atoms with van der Waals surface area (Å²) in [5.74, 6) is 0.554. The number of hydrogen-bond donors (Lipinski definition) is 1. The van der Waals surface area contributed by atoms with E-state index in [2.05, 4.69) is 21.2 Å². The zero-order valence-corrected chi connectivity index (χ0v) is 13.3. The molecule has 3 rings (SSSR count). The number of furan rings is 1. The first-order valence-electron chi connectivity index (χ1n) is 5.74. The molecule has 1 saturated heterocycles. The lowest BCUT2D eigenvalue weighted by atomic mass is 10.3. The van der Waals surface area contributed by atoms with Gasteiger partial charge in [-0.3, -0.25) is 9.69 Å². The summed E-state index contributed by atoms with van der Waals surface area (Å²) in [6.07, 6.45) is 3.37.